The molecule has 1 saturated carbocycles. The Morgan fingerprint density at radius 1 is 1.08 bits per heavy atom. The Hall–Kier alpha value is -4.33. The number of carbonyl (C=O) groups excluding carboxylic acids is 1. The van der Waals surface area contributed by atoms with Crippen molar-refractivity contribution in [2.75, 3.05) is 14.2 Å². The highest BCUT2D eigenvalue weighted by atomic mass is 16.5. The minimum absolute atomic E-state index is 0.0865. The Balaban J connectivity index is 1.38. The van der Waals surface area contributed by atoms with Crippen LogP contribution in [0.1, 0.15) is 59.9 Å². The topological polar surface area (TPSA) is 100.0 Å². The number of rotatable bonds is 7. The van der Waals surface area contributed by atoms with Crippen molar-refractivity contribution in [3.63, 3.8) is 0 Å². The summed E-state index contributed by atoms with van der Waals surface area (Å²) in [5.74, 6) is -0.156. The van der Waals surface area contributed by atoms with Gasteiger partial charge in [-0.05, 0) is 60.2 Å². The molecule has 0 spiro atoms. The molecule has 0 radical (unpaired) electrons. The van der Waals surface area contributed by atoms with Gasteiger partial charge >= 0.3 is 5.97 Å². The number of ether oxygens (including phenoxy) is 1. The van der Waals surface area contributed by atoms with Gasteiger partial charge in [0.05, 0.1) is 42.3 Å². The molecule has 6 rings (SSSR count). The van der Waals surface area contributed by atoms with Gasteiger partial charge in [0.15, 0.2) is 0 Å². The summed E-state index contributed by atoms with van der Waals surface area (Å²) in [6, 6.07) is 16.7. The minimum atomic E-state index is -0.392. The van der Waals surface area contributed by atoms with E-state index in [0.29, 0.717) is 5.56 Å². The normalized spacial score (nSPS) is 19.5. The fourth-order valence-electron chi connectivity index (χ4n) is 6.01. The molecule has 2 atom stereocenters. The Kier molecular flexibility index (Phi) is 6.05. The molecule has 8 heteroatoms. The molecule has 0 saturated heterocycles. The van der Waals surface area contributed by atoms with Gasteiger partial charge < -0.3 is 15.8 Å². The van der Waals surface area contributed by atoms with Crippen LogP contribution in [0, 0.1) is 5.92 Å². The molecule has 2 heterocycles. The first kappa shape index (κ1) is 25.0. The third-order valence-electron chi connectivity index (χ3n) is 8.11. The number of fused-ring (bicyclic) bond motifs is 1. The quantitative estimate of drug-likeness (QED) is 0.336. The fraction of sp³-hybridized carbons (Fsp3) is 0.323. The molecule has 8 nitrogen and oxygen atoms in total. The molecule has 3 N–H and O–H groups in total. The van der Waals surface area contributed by atoms with Crippen molar-refractivity contribution < 1.29 is 9.53 Å². The predicted octanol–water partition coefficient (Wildman–Crippen LogP) is 4.86. The third-order valence-corrected chi connectivity index (χ3v) is 8.11. The van der Waals surface area contributed by atoms with E-state index in [4.69, 9.17) is 15.6 Å². The maximum absolute atomic E-state index is 12.6. The Labute approximate surface area is 228 Å². The van der Waals surface area contributed by atoms with Gasteiger partial charge in [-0.1, -0.05) is 38.1 Å². The molecular weight excluding hydrogens is 488 g/mol. The van der Waals surface area contributed by atoms with Crippen molar-refractivity contribution in [2.24, 2.45) is 11.7 Å². The van der Waals surface area contributed by atoms with Gasteiger partial charge in [-0.3, -0.25) is 0 Å². The van der Waals surface area contributed by atoms with E-state index in [9.17, 15) is 4.79 Å². The molecule has 2 aromatic heterocycles. The van der Waals surface area contributed by atoms with Gasteiger partial charge in [-0.15, -0.1) is 0 Å². The summed E-state index contributed by atoms with van der Waals surface area (Å²) in [6.07, 6.45) is 8.49. The van der Waals surface area contributed by atoms with Crippen LogP contribution >= 0.6 is 0 Å². The summed E-state index contributed by atoms with van der Waals surface area (Å²) in [5.41, 5.74) is 15.2. The van der Waals surface area contributed by atoms with Crippen molar-refractivity contribution in [1.82, 2.24) is 24.9 Å². The first-order chi connectivity index (χ1) is 18.8. The molecule has 2 aliphatic carbocycles. The number of aromatic nitrogens is 4. The number of esters is 1. The third kappa shape index (κ3) is 4.30. The number of carbonyl (C=O) groups is 1. The highest BCUT2D eigenvalue weighted by molar-refractivity contribution is 5.91. The molecule has 4 aromatic rings. The average Bonchev–Trinajstić information content (AvgIpc) is 3.27. The summed E-state index contributed by atoms with van der Waals surface area (Å²) in [5, 5.41) is 12.4. The van der Waals surface area contributed by atoms with E-state index in [-0.39, 0.29) is 17.3 Å². The summed E-state index contributed by atoms with van der Waals surface area (Å²) in [4.78, 5) is 12.6. The molecule has 1 unspecified atom stereocenters. The van der Waals surface area contributed by atoms with Crippen LogP contribution in [0.5, 0.6) is 0 Å². The van der Waals surface area contributed by atoms with Gasteiger partial charge in [-0.25, -0.2) is 14.2 Å². The fourth-order valence-corrected chi connectivity index (χ4v) is 6.01. The summed E-state index contributed by atoms with van der Waals surface area (Å²) in [6.45, 7) is 4.59. The van der Waals surface area contributed by atoms with Crippen molar-refractivity contribution in [3.05, 3.63) is 95.3 Å². The first-order valence-electron chi connectivity index (χ1n) is 13.4. The standard InChI is InChI=1S/C31H34N6O2/c1-31(2)12-11-21-16-34-37(29(21)31)23-10-6-8-20(14-23)19-7-5-9-22(13-19)36-28(26(17-35-36)30(38)39-4)25-15-24(25)27(32)18-33-3/h5-10,13-14,16-18,24-25,33H,11-12,15,32H2,1-4H3/b27-18-/t24?,25-/m1/s1. The van der Waals surface area contributed by atoms with Gasteiger partial charge in [0.25, 0.3) is 0 Å². The Bertz CT molecular complexity index is 1590. The smallest absolute Gasteiger partial charge is 0.341 e. The minimum Gasteiger partial charge on any atom is -0.465 e. The SMILES string of the molecule is CN/C=C(\N)C1C[C@H]1c1c(C(=O)OC)cnn1-c1cccc(-c2cccc(-n3ncc4c3C(C)(C)CC4)c2)c1. The number of methoxy groups -OCH3 is 1. The number of hydrogen-bond acceptors (Lipinski definition) is 6. The van der Waals surface area contributed by atoms with Crippen molar-refractivity contribution in [1.29, 1.82) is 0 Å². The van der Waals surface area contributed by atoms with Crippen LogP contribution < -0.4 is 11.1 Å². The monoisotopic (exact) mass is 522 g/mol. The van der Waals surface area contributed by atoms with Gasteiger partial charge in [0, 0.05) is 36.2 Å². The predicted molar refractivity (Wildman–Crippen MR) is 151 cm³/mol. The Morgan fingerprint density at radius 2 is 1.74 bits per heavy atom. The molecule has 2 aromatic carbocycles. The zero-order valence-corrected chi connectivity index (χ0v) is 22.8. The van der Waals surface area contributed by atoms with E-state index in [1.54, 1.807) is 6.20 Å². The molecular formula is C31H34N6O2. The van der Waals surface area contributed by atoms with E-state index < -0.39 is 5.97 Å². The van der Waals surface area contributed by atoms with Crippen LogP contribution in [0.15, 0.2) is 72.8 Å². The summed E-state index contributed by atoms with van der Waals surface area (Å²) < 4.78 is 9.03. The molecule has 0 aliphatic heterocycles. The zero-order chi connectivity index (χ0) is 27.3. The maximum atomic E-state index is 12.6. The largest absolute Gasteiger partial charge is 0.465 e. The molecule has 0 amide bonds. The molecule has 0 bridgehead atoms. The lowest BCUT2D eigenvalue weighted by Gasteiger charge is -2.21. The lowest BCUT2D eigenvalue weighted by Crippen LogP contribution is -2.18. The van der Waals surface area contributed by atoms with Crippen LogP contribution in [0.4, 0.5) is 0 Å². The van der Waals surface area contributed by atoms with E-state index >= 15 is 0 Å². The summed E-state index contributed by atoms with van der Waals surface area (Å²) >= 11 is 0. The molecule has 2 aliphatic rings. The lowest BCUT2D eigenvalue weighted by atomic mass is 9.90. The van der Waals surface area contributed by atoms with Gasteiger partial charge in [0.2, 0.25) is 0 Å². The van der Waals surface area contributed by atoms with E-state index in [1.165, 1.54) is 18.4 Å². The highest BCUT2D eigenvalue weighted by Gasteiger charge is 2.45. The highest BCUT2D eigenvalue weighted by Crippen LogP contribution is 2.52. The number of nitrogens with two attached hydrogens (primary N) is 1. The first-order valence-corrected chi connectivity index (χ1v) is 13.4. The number of benzene rings is 2. The summed E-state index contributed by atoms with van der Waals surface area (Å²) in [7, 11) is 3.22. The van der Waals surface area contributed by atoms with E-state index in [1.807, 2.05) is 36.3 Å². The number of aryl methyl sites for hydroxylation is 1. The van der Waals surface area contributed by atoms with Crippen LogP contribution in [0.3, 0.4) is 0 Å². The maximum Gasteiger partial charge on any atom is 0.341 e. The number of nitrogens with one attached hydrogen (secondary N) is 1. The molecule has 1 fully saturated rings. The Morgan fingerprint density at radius 3 is 2.41 bits per heavy atom. The van der Waals surface area contributed by atoms with Crippen LogP contribution in [0.25, 0.3) is 22.5 Å². The second-order valence-corrected chi connectivity index (χ2v) is 11.1. The van der Waals surface area contributed by atoms with E-state index in [2.05, 4.69) is 65.3 Å². The number of hydrogen-bond donors (Lipinski definition) is 2. The number of allylic oxidation sites excluding steroid dienone is 1. The van der Waals surface area contributed by atoms with Crippen LogP contribution in [0.2, 0.25) is 0 Å². The lowest BCUT2D eigenvalue weighted by molar-refractivity contribution is 0.0599. The van der Waals surface area contributed by atoms with E-state index in [0.717, 1.165) is 53.2 Å². The molecule has 200 valence electrons. The number of nitrogens with zero attached hydrogens (tertiary/aromatic N) is 4. The second kappa shape index (κ2) is 9.45. The van der Waals surface area contributed by atoms with Crippen molar-refractivity contribution in [3.8, 4) is 22.5 Å². The van der Waals surface area contributed by atoms with Crippen LogP contribution in [-0.2, 0) is 16.6 Å². The van der Waals surface area contributed by atoms with Gasteiger partial charge in [-0.2, -0.15) is 10.2 Å². The van der Waals surface area contributed by atoms with Crippen LogP contribution in [-0.4, -0.2) is 39.7 Å². The second-order valence-electron chi connectivity index (χ2n) is 11.1. The van der Waals surface area contributed by atoms with Gasteiger partial charge in [0.1, 0.15) is 5.56 Å². The van der Waals surface area contributed by atoms with Crippen molar-refractivity contribution >= 4 is 5.97 Å². The molecule has 39 heavy (non-hydrogen) atoms. The van der Waals surface area contributed by atoms with Crippen molar-refractivity contribution in [2.45, 2.75) is 44.4 Å². The average molecular weight is 523 g/mol. The zero-order valence-electron chi connectivity index (χ0n) is 22.8.